The van der Waals surface area contributed by atoms with Gasteiger partial charge >= 0.3 is 0 Å². The van der Waals surface area contributed by atoms with E-state index in [0.29, 0.717) is 0 Å². The molecule has 1 heterocycles. The second-order valence-electron chi connectivity index (χ2n) is 4.28. The van der Waals surface area contributed by atoms with Gasteiger partial charge in [-0.25, -0.2) is 4.68 Å². The van der Waals surface area contributed by atoms with Gasteiger partial charge in [-0.1, -0.05) is 12.1 Å². The predicted octanol–water partition coefficient (Wildman–Crippen LogP) is 3.27. The van der Waals surface area contributed by atoms with Gasteiger partial charge in [-0.2, -0.15) is 5.10 Å². The number of benzene rings is 1. The number of hydrogen-bond acceptors (Lipinski definition) is 2. The van der Waals surface area contributed by atoms with E-state index < -0.39 is 0 Å². The Bertz CT molecular complexity index is 526. The van der Waals surface area contributed by atoms with E-state index in [4.69, 9.17) is 5.73 Å². The summed E-state index contributed by atoms with van der Waals surface area (Å²) in [5.74, 6) is 0. The number of aromatic nitrogens is 2. The summed E-state index contributed by atoms with van der Waals surface area (Å²) in [5, 5.41) is 4.49. The molecule has 2 aromatic rings. The second kappa shape index (κ2) is 4.63. The van der Waals surface area contributed by atoms with Gasteiger partial charge in [0.2, 0.25) is 0 Å². The fraction of sp³-hybridized carbons (Fsp3) is 0.308. The monoisotopic (exact) mass is 293 g/mol. The molecule has 1 aromatic carbocycles. The minimum absolute atomic E-state index is 0.0660. The Morgan fingerprint density at radius 2 is 1.82 bits per heavy atom. The highest BCUT2D eigenvalue weighted by Gasteiger charge is 2.10. The summed E-state index contributed by atoms with van der Waals surface area (Å²) < 4.78 is 3.00. The maximum absolute atomic E-state index is 5.83. The first kappa shape index (κ1) is 12.3. The van der Waals surface area contributed by atoms with E-state index in [1.807, 2.05) is 49.7 Å². The van der Waals surface area contributed by atoms with Crippen molar-refractivity contribution in [3.63, 3.8) is 0 Å². The molecule has 2 N–H and O–H groups in total. The number of aryl methyl sites for hydroxylation is 1. The lowest BCUT2D eigenvalue weighted by molar-refractivity contribution is 0.808. The van der Waals surface area contributed by atoms with E-state index in [1.165, 1.54) is 0 Å². The van der Waals surface area contributed by atoms with Gasteiger partial charge in [-0.05, 0) is 54.4 Å². The van der Waals surface area contributed by atoms with E-state index in [9.17, 15) is 0 Å². The van der Waals surface area contributed by atoms with Gasteiger partial charge in [0.15, 0.2) is 0 Å². The van der Waals surface area contributed by atoms with Crippen molar-refractivity contribution in [2.45, 2.75) is 26.8 Å². The van der Waals surface area contributed by atoms with Crippen LogP contribution in [-0.4, -0.2) is 9.78 Å². The summed E-state index contributed by atoms with van der Waals surface area (Å²) in [6, 6.07) is 8.25. The summed E-state index contributed by atoms with van der Waals surface area (Å²) >= 11 is 3.53. The number of halogens is 1. The van der Waals surface area contributed by atoms with Gasteiger partial charge in [0.1, 0.15) is 0 Å². The molecule has 1 atom stereocenters. The molecule has 17 heavy (non-hydrogen) atoms. The van der Waals surface area contributed by atoms with Crippen LogP contribution in [0.2, 0.25) is 0 Å². The van der Waals surface area contributed by atoms with Crippen LogP contribution in [0.25, 0.3) is 5.69 Å². The summed E-state index contributed by atoms with van der Waals surface area (Å²) in [7, 11) is 0. The Morgan fingerprint density at radius 1 is 1.24 bits per heavy atom. The molecule has 2 rings (SSSR count). The van der Waals surface area contributed by atoms with E-state index in [1.54, 1.807) is 0 Å². The molecule has 4 heteroatoms. The minimum atomic E-state index is 0.0660. The number of nitrogens with two attached hydrogens (primary N) is 1. The normalized spacial score (nSPS) is 12.8. The molecule has 0 aliphatic heterocycles. The van der Waals surface area contributed by atoms with Gasteiger partial charge in [0, 0.05) is 6.04 Å². The van der Waals surface area contributed by atoms with Gasteiger partial charge in [-0.15, -0.1) is 0 Å². The van der Waals surface area contributed by atoms with E-state index in [-0.39, 0.29) is 6.04 Å². The standard InChI is InChI=1S/C13H16BrN3/c1-8(15)11-4-6-12(7-5-11)17-10(3)13(14)9(2)16-17/h4-8H,15H2,1-3H3. The second-order valence-corrected chi connectivity index (χ2v) is 5.07. The highest BCUT2D eigenvalue weighted by atomic mass is 79.9. The number of rotatable bonds is 2. The largest absolute Gasteiger partial charge is 0.324 e. The van der Waals surface area contributed by atoms with Crippen LogP contribution in [0, 0.1) is 13.8 Å². The fourth-order valence-electron chi connectivity index (χ4n) is 1.79. The lowest BCUT2D eigenvalue weighted by Gasteiger charge is -2.08. The van der Waals surface area contributed by atoms with Crippen molar-refractivity contribution in [3.05, 3.63) is 45.7 Å². The van der Waals surface area contributed by atoms with E-state index in [0.717, 1.165) is 27.1 Å². The Morgan fingerprint density at radius 3 is 2.24 bits per heavy atom. The molecule has 0 amide bonds. The third kappa shape index (κ3) is 2.28. The van der Waals surface area contributed by atoms with Crippen LogP contribution < -0.4 is 5.73 Å². The smallest absolute Gasteiger partial charge is 0.0743 e. The van der Waals surface area contributed by atoms with Gasteiger partial charge in [0.25, 0.3) is 0 Å². The molecular formula is C13H16BrN3. The molecular weight excluding hydrogens is 278 g/mol. The molecule has 0 spiro atoms. The molecule has 0 aliphatic carbocycles. The third-order valence-corrected chi connectivity index (χ3v) is 4.01. The van der Waals surface area contributed by atoms with E-state index >= 15 is 0 Å². The Kier molecular flexibility index (Phi) is 3.35. The zero-order valence-corrected chi connectivity index (χ0v) is 11.8. The molecule has 1 aromatic heterocycles. The average Bonchev–Trinajstić information content (AvgIpc) is 2.57. The number of hydrogen-bond donors (Lipinski definition) is 1. The quantitative estimate of drug-likeness (QED) is 0.923. The third-order valence-electron chi connectivity index (χ3n) is 2.87. The lowest BCUT2D eigenvalue weighted by Crippen LogP contribution is -2.05. The van der Waals surface area contributed by atoms with Crippen molar-refractivity contribution >= 4 is 15.9 Å². The maximum Gasteiger partial charge on any atom is 0.0743 e. The topological polar surface area (TPSA) is 43.8 Å². The summed E-state index contributed by atoms with van der Waals surface area (Å²) in [4.78, 5) is 0. The molecule has 3 nitrogen and oxygen atoms in total. The van der Waals surface area contributed by atoms with Crippen molar-refractivity contribution < 1.29 is 0 Å². The first-order chi connectivity index (χ1) is 8.00. The molecule has 0 radical (unpaired) electrons. The lowest BCUT2D eigenvalue weighted by atomic mass is 10.1. The van der Waals surface area contributed by atoms with Crippen LogP contribution in [-0.2, 0) is 0 Å². The molecule has 0 fully saturated rings. The maximum atomic E-state index is 5.83. The highest BCUT2D eigenvalue weighted by molar-refractivity contribution is 9.10. The summed E-state index contributed by atoms with van der Waals surface area (Å²) in [6.45, 7) is 6.02. The molecule has 0 saturated heterocycles. The van der Waals surface area contributed by atoms with Crippen LogP contribution in [0.3, 0.4) is 0 Å². The molecule has 0 aliphatic rings. The number of nitrogens with zero attached hydrogens (tertiary/aromatic N) is 2. The van der Waals surface area contributed by atoms with Crippen molar-refractivity contribution in [3.8, 4) is 5.69 Å². The van der Waals surface area contributed by atoms with Crippen molar-refractivity contribution in [2.24, 2.45) is 5.73 Å². The van der Waals surface area contributed by atoms with Crippen LogP contribution >= 0.6 is 15.9 Å². The Labute approximate surface area is 110 Å². The molecule has 90 valence electrons. The first-order valence-corrected chi connectivity index (χ1v) is 6.37. The molecule has 0 bridgehead atoms. The summed E-state index contributed by atoms with van der Waals surface area (Å²) in [5.41, 5.74) is 10.1. The SMILES string of the molecule is Cc1nn(-c2ccc(C(C)N)cc2)c(C)c1Br. The summed E-state index contributed by atoms with van der Waals surface area (Å²) in [6.07, 6.45) is 0. The van der Waals surface area contributed by atoms with Gasteiger partial charge in [0.05, 0.1) is 21.5 Å². The zero-order chi connectivity index (χ0) is 12.6. The first-order valence-electron chi connectivity index (χ1n) is 5.58. The Hall–Kier alpha value is -1.13. The molecule has 0 saturated carbocycles. The Balaban J connectivity index is 2.43. The highest BCUT2D eigenvalue weighted by Crippen LogP contribution is 2.23. The fourth-order valence-corrected chi connectivity index (χ4v) is 2.04. The van der Waals surface area contributed by atoms with Crippen molar-refractivity contribution in [2.75, 3.05) is 0 Å². The predicted molar refractivity (Wildman–Crippen MR) is 73.3 cm³/mol. The minimum Gasteiger partial charge on any atom is -0.324 e. The van der Waals surface area contributed by atoms with Crippen LogP contribution in [0.4, 0.5) is 0 Å². The molecule has 1 unspecified atom stereocenters. The average molecular weight is 294 g/mol. The van der Waals surface area contributed by atoms with Gasteiger partial charge < -0.3 is 5.73 Å². The van der Waals surface area contributed by atoms with Crippen LogP contribution in [0.5, 0.6) is 0 Å². The van der Waals surface area contributed by atoms with Crippen LogP contribution in [0.1, 0.15) is 29.9 Å². The van der Waals surface area contributed by atoms with E-state index in [2.05, 4.69) is 21.0 Å². The van der Waals surface area contributed by atoms with Crippen LogP contribution in [0.15, 0.2) is 28.7 Å². The van der Waals surface area contributed by atoms with Crippen molar-refractivity contribution in [1.82, 2.24) is 9.78 Å². The zero-order valence-electron chi connectivity index (χ0n) is 10.2. The van der Waals surface area contributed by atoms with Gasteiger partial charge in [-0.3, -0.25) is 0 Å². The van der Waals surface area contributed by atoms with Crippen molar-refractivity contribution in [1.29, 1.82) is 0 Å².